The molecule has 1 aliphatic rings. The molecule has 0 radical (unpaired) electrons. The largest absolute Gasteiger partial charge is 0.359 e. The quantitative estimate of drug-likeness (QED) is 0.622. The second-order valence-electron chi connectivity index (χ2n) is 6.08. The molecule has 0 spiro atoms. The van der Waals surface area contributed by atoms with Gasteiger partial charge in [-0.25, -0.2) is 4.99 Å². The van der Waals surface area contributed by atoms with Crippen LogP contribution in [0.2, 0.25) is 0 Å². The first-order valence-corrected chi connectivity index (χ1v) is 9.44. The van der Waals surface area contributed by atoms with E-state index in [2.05, 4.69) is 47.8 Å². The van der Waals surface area contributed by atoms with Crippen molar-refractivity contribution in [2.24, 2.45) is 4.99 Å². The molecule has 2 unspecified atom stereocenters. The van der Waals surface area contributed by atoms with Gasteiger partial charge >= 0.3 is 0 Å². The van der Waals surface area contributed by atoms with Crippen LogP contribution < -0.4 is 10.6 Å². The summed E-state index contributed by atoms with van der Waals surface area (Å²) in [6.45, 7) is 7.69. The first kappa shape index (κ1) is 17.2. The highest BCUT2D eigenvalue weighted by Gasteiger charge is 2.24. The van der Waals surface area contributed by atoms with E-state index in [4.69, 9.17) is 4.52 Å². The molecule has 2 N–H and O–H groups in total. The smallest absolute Gasteiger partial charge is 0.191 e. The SMILES string of the molecule is CCNC(=NCc1cc(C(C)C)no1)NC1CCC(SC)C1. The predicted molar refractivity (Wildman–Crippen MR) is 93.5 cm³/mol. The van der Waals surface area contributed by atoms with Gasteiger partial charge in [0.15, 0.2) is 11.7 Å². The number of nitrogens with zero attached hydrogens (tertiary/aromatic N) is 2. The number of hydrogen-bond acceptors (Lipinski definition) is 4. The molecular weight excluding hydrogens is 296 g/mol. The zero-order valence-electron chi connectivity index (χ0n) is 14.1. The highest BCUT2D eigenvalue weighted by atomic mass is 32.2. The lowest BCUT2D eigenvalue weighted by Crippen LogP contribution is -2.42. The lowest BCUT2D eigenvalue weighted by molar-refractivity contribution is 0.376. The summed E-state index contributed by atoms with van der Waals surface area (Å²) in [5.74, 6) is 2.07. The van der Waals surface area contributed by atoms with Crippen LogP contribution in [0.1, 0.15) is 57.4 Å². The molecule has 22 heavy (non-hydrogen) atoms. The first-order valence-electron chi connectivity index (χ1n) is 8.15. The summed E-state index contributed by atoms with van der Waals surface area (Å²) in [7, 11) is 0. The van der Waals surface area contributed by atoms with Crippen molar-refractivity contribution < 1.29 is 4.52 Å². The molecule has 2 atom stereocenters. The van der Waals surface area contributed by atoms with Crippen molar-refractivity contribution >= 4 is 17.7 Å². The van der Waals surface area contributed by atoms with Gasteiger partial charge in [-0.3, -0.25) is 0 Å². The number of rotatable bonds is 6. The molecule has 1 saturated carbocycles. The topological polar surface area (TPSA) is 62.5 Å². The summed E-state index contributed by atoms with van der Waals surface area (Å²) < 4.78 is 5.34. The first-order chi connectivity index (χ1) is 10.6. The number of thioether (sulfide) groups is 1. The minimum Gasteiger partial charge on any atom is -0.359 e. The van der Waals surface area contributed by atoms with Gasteiger partial charge in [-0.1, -0.05) is 19.0 Å². The van der Waals surface area contributed by atoms with Gasteiger partial charge in [0.05, 0.1) is 5.69 Å². The zero-order valence-corrected chi connectivity index (χ0v) is 14.9. The Labute approximate surface area is 137 Å². The fraction of sp³-hybridized carbons (Fsp3) is 0.750. The van der Waals surface area contributed by atoms with Crippen LogP contribution in [0.3, 0.4) is 0 Å². The summed E-state index contributed by atoms with van der Waals surface area (Å²) in [4.78, 5) is 4.62. The van der Waals surface area contributed by atoms with E-state index in [-0.39, 0.29) is 0 Å². The number of hydrogen-bond donors (Lipinski definition) is 2. The van der Waals surface area contributed by atoms with E-state index in [0.717, 1.165) is 29.2 Å². The lowest BCUT2D eigenvalue weighted by Gasteiger charge is -2.16. The molecule has 0 bridgehead atoms. The molecule has 1 fully saturated rings. The second kappa shape index (κ2) is 8.46. The Morgan fingerprint density at radius 3 is 2.91 bits per heavy atom. The molecule has 6 heteroatoms. The molecule has 0 saturated heterocycles. The maximum atomic E-state index is 5.34. The Hall–Kier alpha value is -1.17. The molecule has 1 heterocycles. The minimum absolute atomic E-state index is 0.384. The Morgan fingerprint density at radius 1 is 1.50 bits per heavy atom. The fourth-order valence-electron chi connectivity index (χ4n) is 2.63. The molecule has 0 aromatic carbocycles. The van der Waals surface area contributed by atoms with E-state index in [0.29, 0.717) is 18.5 Å². The molecule has 124 valence electrons. The van der Waals surface area contributed by atoms with E-state index in [1.54, 1.807) is 0 Å². The Balaban J connectivity index is 1.91. The second-order valence-corrected chi connectivity index (χ2v) is 7.22. The van der Waals surface area contributed by atoms with Crippen LogP contribution in [0, 0.1) is 0 Å². The molecule has 5 nitrogen and oxygen atoms in total. The normalized spacial score (nSPS) is 22.3. The molecular formula is C16H28N4OS. The number of aromatic nitrogens is 1. The standard InChI is InChI=1S/C16H28N4OS/c1-5-17-16(19-12-6-7-14(8-12)22-4)18-10-13-9-15(11(2)3)20-21-13/h9,11-12,14H,5-8,10H2,1-4H3,(H2,17,18,19). The van der Waals surface area contributed by atoms with Gasteiger partial charge < -0.3 is 15.2 Å². The lowest BCUT2D eigenvalue weighted by atomic mass is 10.1. The third-order valence-corrected chi connectivity index (χ3v) is 5.06. The van der Waals surface area contributed by atoms with Crippen LogP contribution in [-0.2, 0) is 6.54 Å². The molecule has 0 amide bonds. The van der Waals surface area contributed by atoms with Gasteiger partial charge in [-0.05, 0) is 38.4 Å². The van der Waals surface area contributed by atoms with E-state index in [9.17, 15) is 0 Å². The van der Waals surface area contributed by atoms with Gasteiger partial charge in [0.25, 0.3) is 0 Å². The Morgan fingerprint density at radius 2 is 2.32 bits per heavy atom. The average molecular weight is 324 g/mol. The van der Waals surface area contributed by atoms with Crippen molar-refractivity contribution in [3.63, 3.8) is 0 Å². The van der Waals surface area contributed by atoms with E-state index >= 15 is 0 Å². The molecule has 1 aromatic heterocycles. The molecule has 0 aliphatic heterocycles. The molecule has 1 aromatic rings. The van der Waals surface area contributed by atoms with Crippen LogP contribution in [0.5, 0.6) is 0 Å². The van der Waals surface area contributed by atoms with Crippen LogP contribution >= 0.6 is 11.8 Å². The minimum atomic E-state index is 0.384. The van der Waals surface area contributed by atoms with Crippen molar-refractivity contribution in [2.45, 2.75) is 63.8 Å². The van der Waals surface area contributed by atoms with Gasteiger partial charge in [0.1, 0.15) is 6.54 Å². The Kier molecular flexibility index (Phi) is 6.61. The van der Waals surface area contributed by atoms with Gasteiger partial charge in [0, 0.05) is 23.9 Å². The maximum absolute atomic E-state index is 5.34. The third-order valence-electron chi connectivity index (χ3n) is 3.96. The van der Waals surface area contributed by atoms with Crippen molar-refractivity contribution in [3.8, 4) is 0 Å². The Bertz CT molecular complexity index is 486. The third kappa shape index (κ3) is 4.93. The van der Waals surface area contributed by atoms with Crippen LogP contribution in [-0.4, -0.2) is 35.2 Å². The predicted octanol–water partition coefficient (Wildman–Crippen LogP) is 3.14. The number of aliphatic imine (C=N–C) groups is 1. The molecule has 2 rings (SSSR count). The highest BCUT2D eigenvalue weighted by Crippen LogP contribution is 2.28. The van der Waals surface area contributed by atoms with Crippen molar-refractivity contribution in [3.05, 3.63) is 17.5 Å². The zero-order chi connectivity index (χ0) is 15.9. The summed E-state index contributed by atoms with van der Waals surface area (Å²) in [6.07, 6.45) is 5.92. The summed E-state index contributed by atoms with van der Waals surface area (Å²) in [5.41, 5.74) is 0.988. The van der Waals surface area contributed by atoms with E-state index < -0.39 is 0 Å². The number of nitrogens with one attached hydrogen (secondary N) is 2. The summed E-state index contributed by atoms with van der Waals surface area (Å²) in [5, 5.41) is 11.7. The maximum Gasteiger partial charge on any atom is 0.191 e. The monoisotopic (exact) mass is 324 g/mol. The van der Waals surface area contributed by atoms with Crippen molar-refractivity contribution in [1.82, 2.24) is 15.8 Å². The van der Waals surface area contributed by atoms with Crippen molar-refractivity contribution in [1.29, 1.82) is 0 Å². The van der Waals surface area contributed by atoms with Crippen molar-refractivity contribution in [2.75, 3.05) is 12.8 Å². The van der Waals surface area contributed by atoms with Gasteiger partial charge in [0.2, 0.25) is 0 Å². The van der Waals surface area contributed by atoms with Crippen LogP contribution in [0.15, 0.2) is 15.6 Å². The average Bonchev–Trinajstić information content (AvgIpc) is 3.14. The summed E-state index contributed by atoms with van der Waals surface area (Å²) >= 11 is 1.97. The van der Waals surface area contributed by atoms with Crippen LogP contribution in [0.4, 0.5) is 0 Å². The van der Waals surface area contributed by atoms with Gasteiger partial charge in [-0.15, -0.1) is 0 Å². The summed E-state index contributed by atoms with van der Waals surface area (Å²) in [6, 6.07) is 2.52. The fourth-order valence-corrected chi connectivity index (χ4v) is 3.43. The van der Waals surface area contributed by atoms with E-state index in [1.165, 1.54) is 19.3 Å². The van der Waals surface area contributed by atoms with E-state index in [1.807, 2.05) is 17.8 Å². The van der Waals surface area contributed by atoms with Crippen LogP contribution in [0.25, 0.3) is 0 Å². The number of guanidine groups is 1. The van der Waals surface area contributed by atoms with Gasteiger partial charge in [-0.2, -0.15) is 11.8 Å². The molecule has 1 aliphatic carbocycles. The highest BCUT2D eigenvalue weighted by molar-refractivity contribution is 7.99.